The minimum absolute atomic E-state index is 0.00551. The van der Waals surface area contributed by atoms with Crippen LogP contribution in [0.25, 0.3) is 0 Å². The van der Waals surface area contributed by atoms with Crippen LogP contribution in [0.15, 0.2) is 0 Å². The van der Waals surface area contributed by atoms with Gasteiger partial charge in [-0.3, -0.25) is 4.79 Å². The van der Waals surface area contributed by atoms with Crippen LogP contribution in [0.1, 0.15) is 45.4 Å². The van der Waals surface area contributed by atoms with Gasteiger partial charge in [-0.15, -0.1) is 0 Å². The number of aliphatic carboxylic acids is 1. The number of carbonyl (C=O) groups excluding carboxylic acids is 1. The summed E-state index contributed by atoms with van der Waals surface area (Å²) < 4.78 is 0. The third kappa shape index (κ3) is 3.65. The van der Waals surface area contributed by atoms with Crippen LogP contribution in [0, 0.1) is 0 Å². The molecule has 5 nitrogen and oxygen atoms in total. The third-order valence-corrected chi connectivity index (χ3v) is 6.07. The Morgan fingerprint density at radius 3 is 2.57 bits per heavy atom. The SMILES string of the molecule is CC1CSCCN1C(=O)N(C)C1(CC(=O)O)CCCCC1. The Hall–Kier alpha value is -0.910. The van der Waals surface area contributed by atoms with E-state index in [1.165, 1.54) is 0 Å². The number of thioether (sulfide) groups is 1. The largest absolute Gasteiger partial charge is 0.481 e. The second-order valence-corrected chi connectivity index (χ2v) is 7.46. The topological polar surface area (TPSA) is 60.9 Å². The minimum atomic E-state index is -0.807. The lowest BCUT2D eigenvalue weighted by molar-refractivity contribution is -0.140. The maximum atomic E-state index is 12.8. The number of carboxylic acid groups (broad SMARTS) is 1. The highest BCUT2D eigenvalue weighted by Gasteiger charge is 2.42. The molecule has 21 heavy (non-hydrogen) atoms. The summed E-state index contributed by atoms with van der Waals surface area (Å²) in [5.74, 6) is 1.13. The first-order valence-corrected chi connectivity index (χ1v) is 8.96. The van der Waals surface area contributed by atoms with Crippen molar-refractivity contribution in [2.24, 2.45) is 0 Å². The first-order chi connectivity index (χ1) is 9.96. The Labute approximate surface area is 131 Å². The maximum absolute atomic E-state index is 12.8. The van der Waals surface area contributed by atoms with Crippen molar-refractivity contribution in [1.82, 2.24) is 9.80 Å². The Morgan fingerprint density at radius 1 is 1.33 bits per heavy atom. The molecule has 0 spiro atoms. The van der Waals surface area contributed by atoms with E-state index in [1.54, 1.807) is 11.9 Å². The van der Waals surface area contributed by atoms with Crippen molar-refractivity contribution in [1.29, 1.82) is 0 Å². The number of urea groups is 1. The lowest BCUT2D eigenvalue weighted by atomic mass is 9.78. The molecule has 0 aromatic heterocycles. The van der Waals surface area contributed by atoms with Crippen LogP contribution in [-0.4, -0.2) is 63.6 Å². The van der Waals surface area contributed by atoms with E-state index in [0.717, 1.165) is 50.2 Å². The van der Waals surface area contributed by atoms with E-state index in [-0.39, 0.29) is 18.5 Å². The highest BCUT2D eigenvalue weighted by Crippen LogP contribution is 2.37. The Morgan fingerprint density at radius 2 is 2.00 bits per heavy atom. The van der Waals surface area contributed by atoms with Crippen LogP contribution in [0.2, 0.25) is 0 Å². The number of nitrogens with zero attached hydrogens (tertiary/aromatic N) is 2. The van der Waals surface area contributed by atoms with Gasteiger partial charge in [-0.1, -0.05) is 19.3 Å². The second-order valence-electron chi connectivity index (χ2n) is 6.31. The van der Waals surface area contributed by atoms with E-state index >= 15 is 0 Å². The van der Waals surface area contributed by atoms with Gasteiger partial charge in [0.25, 0.3) is 0 Å². The van der Waals surface area contributed by atoms with Crippen LogP contribution in [-0.2, 0) is 4.79 Å². The summed E-state index contributed by atoms with van der Waals surface area (Å²) in [4.78, 5) is 27.8. The standard InChI is InChI=1S/C15H26N2O3S/c1-12-11-21-9-8-17(12)14(20)16(2)15(10-13(18)19)6-4-3-5-7-15/h12H,3-11H2,1-2H3,(H,18,19). The van der Waals surface area contributed by atoms with E-state index in [1.807, 2.05) is 16.7 Å². The molecule has 6 heteroatoms. The number of rotatable bonds is 3. The van der Waals surface area contributed by atoms with Crippen LogP contribution in [0.4, 0.5) is 4.79 Å². The summed E-state index contributed by atoms with van der Waals surface area (Å²) in [5.41, 5.74) is -0.495. The predicted molar refractivity (Wildman–Crippen MR) is 84.7 cm³/mol. The molecule has 1 aliphatic heterocycles. The van der Waals surface area contributed by atoms with Crippen LogP contribution in [0.3, 0.4) is 0 Å². The average molecular weight is 314 g/mol. The van der Waals surface area contributed by atoms with E-state index in [0.29, 0.717) is 0 Å². The molecule has 1 saturated heterocycles. The van der Waals surface area contributed by atoms with Crippen molar-refractivity contribution in [2.75, 3.05) is 25.1 Å². The monoisotopic (exact) mass is 314 g/mol. The van der Waals surface area contributed by atoms with Crippen molar-refractivity contribution in [3.05, 3.63) is 0 Å². The van der Waals surface area contributed by atoms with E-state index in [4.69, 9.17) is 0 Å². The average Bonchev–Trinajstić information content (AvgIpc) is 2.46. The fourth-order valence-corrected chi connectivity index (χ4v) is 4.54. The lowest BCUT2D eigenvalue weighted by Crippen LogP contribution is -2.58. The van der Waals surface area contributed by atoms with Gasteiger partial charge in [0.15, 0.2) is 0 Å². The first kappa shape index (κ1) is 16.5. The van der Waals surface area contributed by atoms with Gasteiger partial charge in [0, 0.05) is 31.1 Å². The fraction of sp³-hybridized carbons (Fsp3) is 0.867. The van der Waals surface area contributed by atoms with Crippen molar-refractivity contribution in [3.8, 4) is 0 Å². The molecule has 0 aromatic rings. The first-order valence-electron chi connectivity index (χ1n) is 7.80. The molecule has 0 radical (unpaired) electrons. The zero-order valence-corrected chi connectivity index (χ0v) is 13.8. The molecule has 2 aliphatic rings. The molecule has 1 heterocycles. The third-order valence-electron chi connectivity index (χ3n) is 4.88. The molecule has 2 amide bonds. The molecule has 1 atom stereocenters. The van der Waals surface area contributed by atoms with Crippen LogP contribution < -0.4 is 0 Å². The van der Waals surface area contributed by atoms with Crippen molar-refractivity contribution < 1.29 is 14.7 Å². The van der Waals surface area contributed by atoms with Gasteiger partial charge in [0.1, 0.15) is 0 Å². The molecule has 0 bridgehead atoms. The van der Waals surface area contributed by atoms with Crippen molar-refractivity contribution >= 4 is 23.8 Å². The molecule has 1 N–H and O–H groups in total. The molecule has 0 aromatic carbocycles. The highest BCUT2D eigenvalue weighted by atomic mass is 32.2. The number of carboxylic acids is 1. The molecular formula is C15H26N2O3S. The summed E-state index contributed by atoms with van der Waals surface area (Å²) in [6.45, 7) is 2.83. The zero-order chi connectivity index (χ0) is 15.5. The summed E-state index contributed by atoms with van der Waals surface area (Å²) in [6, 6.07) is 0.232. The molecule has 2 rings (SSSR count). The van der Waals surface area contributed by atoms with Gasteiger partial charge >= 0.3 is 12.0 Å². The van der Waals surface area contributed by atoms with Gasteiger partial charge in [-0.2, -0.15) is 11.8 Å². The van der Waals surface area contributed by atoms with Crippen LogP contribution in [0.5, 0.6) is 0 Å². The van der Waals surface area contributed by atoms with E-state index < -0.39 is 11.5 Å². The normalized spacial score (nSPS) is 25.4. The zero-order valence-electron chi connectivity index (χ0n) is 13.0. The Balaban J connectivity index is 2.14. The minimum Gasteiger partial charge on any atom is -0.481 e. The summed E-state index contributed by atoms with van der Waals surface area (Å²) in [7, 11) is 1.80. The summed E-state index contributed by atoms with van der Waals surface area (Å²) in [5, 5.41) is 9.27. The summed E-state index contributed by atoms with van der Waals surface area (Å²) in [6.07, 6.45) is 4.83. The lowest BCUT2D eigenvalue weighted by Gasteiger charge is -2.47. The quantitative estimate of drug-likeness (QED) is 0.870. The Kier molecular flexibility index (Phi) is 5.41. The molecule has 2 fully saturated rings. The number of carbonyl (C=O) groups is 2. The second kappa shape index (κ2) is 6.90. The maximum Gasteiger partial charge on any atom is 0.320 e. The smallest absolute Gasteiger partial charge is 0.320 e. The molecule has 1 saturated carbocycles. The van der Waals surface area contributed by atoms with Gasteiger partial charge in [0.05, 0.1) is 12.0 Å². The number of hydrogen-bond acceptors (Lipinski definition) is 3. The number of hydrogen-bond donors (Lipinski definition) is 1. The molecule has 1 unspecified atom stereocenters. The van der Waals surface area contributed by atoms with Crippen molar-refractivity contribution in [2.45, 2.75) is 57.0 Å². The van der Waals surface area contributed by atoms with E-state index in [2.05, 4.69) is 6.92 Å². The van der Waals surface area contributed by atoms with Gasteiger partial charge in [-0.05, 0) is 19.8 Å². The van der Waals surface area contributed by atoms with Crippen molar-refractivity contribution in [3.63, 3.8) is 0 Å². The van der Waals surface area contributed by atoms with Crippen LogP contribution >= 0.6 is 11.8 Å². The predicted octanol–water partition coefficient (Wildman–Crippen LogP) is 2.65. The summed E-state index contributed by atoms with van der Waals surface area (Å²) >= 11 is 1.87. The Bertz CT molecular complexity index is 396. The molecular weight excluding hydrogens is 288 g/mol. The van der Waals surface area contributed by atoms with Gasteiger partial charge in [0.2, 0.25) is 0 Å². The highest BCUT2D eigenvalue weighted by molar-refractivity contribution is 7.99. The molecule has 120 valence electrons. The number of amides is 2. The van der Waals surface area contributed by atoms with Gasteiger partial charge < -0.3 is 14.9 Å². The molecule has 1 aliphatic carbocycles. The fourth-order valence-electron chi connectivity index (χ4n) is 3.53. The van der Waals surface area contributed by atoms with Gasteiger partial charge in [-0.25, -0.2) is 4.79 Å². The van der Waals surface area contributed by atoms with E-state index in [9.17, 15) is 14.7 Å².